The molecule has 0 saturated carbocycles. The van der Waals surface area contributed by atoms with Crippen LogP contribution in [0, 0.1) is 5.82 Å². The van der Waals surface area contributed by atoms with Crippen LogP contribution in [0.4, 0.5) is 10.1 Å². The van der Waals surface area contributed by atoms with Gasteiger partial charge in [0, 0.05) is 10.6 Å². The van der Waals surface area contributed by atoms with Crippen LogP contribution in [0.25, 0.3) is 0 Å². The summed E-state index contributed by atoms with van der Waals surface area (Å²) in [6, 6.07) is 8.72. The monoisotopic (exact) mass is 279 g/mol. The Balaban J connectivity index is 2.56. The first-order valence-electron chi connectivity index (χ1n) is 5.47. The average Bonchev–Trinajstić information content (AvgIpc) is 2.41. The van der Waals surface area contributed by atoms with E-state index in [1.165, 1.54) is 31.4 Å². The Morgan fingerprint density at radius 3 is 2.68 bits per heavy atom. The Labute approximate surface area is 114 Å². The van der Waals surface area contributed by atoms with E-state index in [1.807, 2.05) is 0 Å². The summed E-state index contributed by atoms with van der Waals surface area (Å²) in [5, 5.41) is 0.388. The quantitative estimate of drug-likeness (QED) is 0.693. The van der Waals surface area contributed by atoms with Gasteiger partial charge in [-0.25, -0.2) is 4.39 Å². The zero-order valence-electron chi connectivity index (χ0n) is 10.1. The van der Waals surface area contributed by atoms with Crippen LogP contribution in [0.3, 0.4) is 0 Å². The summed E-state index contributed by atoms with van der Waals surface area (Å²) in [6.07, 6.45) is 0. The smallest absolute Gasteiger partial charge is 0.198 e. The Kier molecular flexibility index (Phi) is 3.71. The summed E-state index contributed by atoms with van der Waals surface area (Å²) in [5.41, 5.74) is 5.72. The molecule has 3 nitrogen and oxygen atoms in total. The minimum absolute atomic E-state index is 0.0839. The van der Waals surface area contributed by atoms with E-state index < -0.39 is 11.6 Å². The van der Waals surface area contributed by atoms with Crippen LogP contribution in [-0.2, 0) is 0 Å². The number of ether oxygens (including phenoxy) is 1. The molecule has 2 rings (SSSR count). The fourth-order valence-electron chi connectivity index (χ4n) is 1.74. The summed E-state index contributed by atoms with van der Waals surface area (Å²) in [4.78, 5) is 12.4. The standard InChI is InChI=1S/C14H11ClFNO2/c1-19-12-6-5-8(15)7-10(12)14(18)9-3-2-4-11(16)13(9)17/h2-7H,17H2,1H3. The maximum atomic E-state index is 13.4. The maximum Gasteiger partial charge on any atom is 0.198 e. The van der Waals surface area contributed by atoms with Gasteiger partial charge in [0.05, 0.1) is 18.4 Å². The molecule has 19 heavy (non-hydrogen) atoms. The van der Waals surface area contributed by atoms with Gasteiger partial charge in [0.1, 0.15) is 11.6 Å². The summed E-state index contributed by atoms with van der Waals surface area (Å²) in [7, 11) is 1.44. The van der Waals surface area contributed by atoms with Gasteiger partial charge in [0.2, 0.25) is 0 Å². The van der Waals surface area contributed by atoms with Crippen LogP contribution < -0.4 is 10.5 Å². The first kappa shape index (κ1) is 13.4. The predicted molar refractivity (Wildman–Crippen MR) is 72.2 cm³/mol. The fourth-order valence-corrected chi connectivity index (χ4v) is 1.91. The van der Waals surface area contributed by atoms with Crippen molar-refractivity contribution in [1.29, 1.82) is 0 Å². The molecule has 0 aliphatic heterocycles. The van der Waals surface area contributed by atoms with Gasteiger partial charge in [-0.15, -0.1) is 0 Å². The zero-order valence-corrected chi connectivity index (χ0v) is 10.9. The Morgan fingerprint density at radius 2 is 2.00 bits per heavy atom. The highest BCUT2D eigenvalue weighted by Crippen LogP contribution is 2.27. The summed E-state index contributed by atoms with van der Waals surface area (Å²) < 4.78 is 18.5. The van der Waals surface area contributed by atoms with E-state index in [-0.39, 0.29) is 16.8 Å². The van der Waals surface area contributed by atoms with Crippen molar-refractivity contribution in [3.63, 3.8) is 0 Å². The molecule has 0 saturated heterocycles. The van der Waals surface area contributed by atoms with E-state index in [4.69, 9.17) is 22.1 Å². The Bertz CT molecular complexity index is 643. The maximum absolute atomic E-state index is 13.4. The lowest BCUT2D eigenvalue weighted by atomic mass is 10.0. The van der Waals surface area contributed by atoms with Crippen LogP contribution in [-0.4, -0.2) is 12.9 Å². The molecule has 0 fully saturated rings. The third kappa shape index (κ3) is 2.53. The minimum Gasteiger partial charge on any atom is -0.496 e. The lowest BCUT2D eigenvalue weighted by Gasteiger charge is -2.10. The number of hydrogen-bond donors (Lipinski definition) is 1. The highest BCUT2D eigenvalue weighted by molar-refractivity contribution is 6.31. The molecule has 2 aromatic rings. The molecule has 5 heteroatoms. The van der Waals surface area contributed by atoms with Gasteiger partial charge in [0.15, 0.2) is 5.78 Å². The molecule has 0 aromatic heterocycles. The van der Waals surface area contributed by atoms with E-state index in [9.17, 15) is 9.18 Å². The van der Waals surface area contributed by atoms with Gasteiger partial charge in [-0.05, 0) is 30.3 Å². The first-order chi connectivity index (χ1) is 9.04. The molecule has 0 aliphatic carbocycles. The number of nitrogens with two attached hydrogens (primary N) is 1. The van der Waals surface area contributed by atoms with Crippen molar-refractivity contribution in [2.75, 3.05) is 12.8 Å². The normalized spacial score (nSPS) is 10.3. The van der Waals surface area contributed by atoms with Crippen LogP contribution in [0.1, 0.15) is 15.9 Å². The van der Waals surface area contributed by atoms with Crippen molar-refractivity contribution in [1.82, 2.24) is 0 Å². The lowest BCUT2D eigenvalue weighted by Crippen LogP contribution is -2.08. The molecule has 0 bridgehead atoms. The van der Waals surface area contributed by atoms with Gasteiger partial charge in [-0.2, -0.15) is 0 Å². The molecule has 0 amide bonds. The van der Waals surface area contributed by atoms with Crippen molar-refractivity contribution in [3.05, 3.63) is 58.4 Å². The first-order valence-corrected chi connectivity index (χ1v) is 5.84. The number of halogens is 2. The summed E-state index contributed by atoms with van der Waals surface area (Å²) >= 11 is 5.86. The number of ketones is 1. The second-order valence-corrected chi connectivity index (χ2v) is 4.31. The van der Waals surface area contributed by atoms with Gasteiger partial charge < -0.3 is 10.5 Å². The third-order valence-electron chi connectivity index (χ3n) is 2.70. The molecule has 0 aliphatic rings. The SMILES string of the molecule is COc1ccc(Cl)cc1C(=O)c1cccc(F)c1N. The highest BCUT2D eigenvalue weighted by atomic mass is 35.5. The van der Waals surface area contributed by atoms with Crippen LogP contribution in [0.15, 0.2) is 36.4 Å². The van der Waals surface area contributed by atoms with Crippen LogP contribution in [0.2, 0.25) is 5.02 Å². The molecule has 2 aromatic carbocycles. The van der Waals surface area contributed by atoms with Crippen molar-refractivity contribution in [2.24, 2.45) is 0 Å². The van der Waals surface area contributed by atoms with Crippen LogP contribution in [0.5, 0.6) is 5.75 Å². The molecular weight excluding hydrogens is 269 g/mol. The number of methoxy groups -OCH3 is 1. The predicted octanol–water partition coefficient (Wildman–Crippen LogP) is 3.30. The van der Waals surface area contributed by atoms with Crippen molar-refractivity contribution < 1.29 is 13.9 Å². The number of rotatable bonds is 3. The lowest BCUT2D eigenvalue weighted by molar-refractivity contribution is 0.103. The molecule has 2 N–H and O–H groups in total. The van der Waals surface area contributed by atoms with E-state index in [0.29, 0.717) is 10.8 Å². The third-order valence-corrected chi connectivity index (χ3v) is 2.94. The number of nitrogen functional groups attached to an aromatic ring is 1. The van der Waals surface area contributed by atoms with Gasteiger partial charge in [0.25, 0.3) is 0 Å². The van der Waals surface area contributed by atoms with Crippen LogP contribution >= 0.6 is 11.6 Å². The van der Waals surface area contributed by atoms with Gasteiger partial charge in [-0.3, -0.25) is 4.79 Å². The number of carbonyl (C=O) groups is 1. The average molecular weight is 280 g/mol. The van der Waals surface area contributed by atoms with Crippen molar-refractivity contribution >= 4 is 23.1 Å². The molecule has 0 spiro atoms. The van der Waals surface area contributed by atoms with Gasteiger partial charge >= 0.3 is 0 Å². The molecule has 0 atom stereocenters. The van der Waals surface area contributed by atoms with Gasteiger partial charge in [-0.1, -0.05) is 17.7 Å². The van der Waals surface area contributed by atoms with Crippen molar-refractivity contribution in [2.45, 2.75) is 0 Å². The molecule has 0 heterocycles. The molecule has 0 radical (unpaired) electrons. The number of anilines is 1. The molecular formula is C14H11ClFNO2. The Hall–Kier alpha value is -2.07. The van der Waals surface area contributed by atoms with E-state index in [1.54, 1.807) is 12.1 Å². The second kappa shape index (κ2) is 5.28. The topological polar surface area (TPSA) is 52.3 Å². The number of benzene rings is 2. The number of hydrogen-bond acceptors (Lipinski definition) is 3. The fraction of sp³-hybridized carbons (Fsp3) is 0.0714. The molecule has 98 valence electrons. The zero-order chi connectivity index (χ0) is 14.0. The van der Waals surface area contributed by atoms with E-state index >= 15 is 0 Å². The van der Waals surface area contributed by atoms with E-state index in [0.717, 1.165) is 0 Å². The number of carbonyl (C=O) groups excluding carboxylic acids is 1. The Morgan fingerprint density at radius 1 is 1.26 bits per heavy atom. The number of para-hydroxylation sites is 1. The van der Waals surface area contributed by atoms with E-state index in [2.05, 4.69) is 0 Å². The summed E-state index contributed by atoms with van der Waals surface area (Å²) in [5.74, 6) is -0.707. The second-order valence-electron chi connectivity index (χ2n) is 3.87. The van der Waals surface area contributed by atoms with Crippen molar-refractivity contribution in [3.8, 4) is 5.75 Å². The largest absolute Gasteiger partial charge is 0.496 e. The molecule has 0 unspecified atom stereocenters. The summed E-state index contributed by atoms with van der Waals surface area (Å²) in [6.45, 7) is 0. The minimum atomic E-state index is -0.633. The highest BCUT2D eigenvalue weighted by Gasteiger charge is 2.18.